The highest BCUT2D eigenvalue weighted by Crippen LogP contribution is 2.23. The molecule has 0 saturated carbocycles. The summed E-state index contributed by atoms with van der Waals surface area (Å²) >= 11 is 0. The molecule has 0 aromatic heterocycles. The second-order valence-corrected chi connectivity index (χ2v) is 4.37. The van der Waals surface area contributed by atoms with Gasteiger partial charge in [-0.15, -0.1) is 0 Å². The SMILES string of the molecule is COc1ccc(CCOc2c(F)cccc2C(=O)O)cc1. The molecule has 0 saturated heterocycles. The lowest BCUT2D eigenvalue weighted by atomic mass is 10.1. The average Bonchev–Trinajstić information content (AvgIpc) is 2.49. The Kier molecular flexibility index (Phi) is 4.77. The molecule has 110 valence electrons. The summed E-state index contributed by atoms with van der Waals surface area (Å²) in [6, 6.07) is 11.2. The van der Waals surface area contributed by atoms with Gasteiger partial charge in [0.2, 0.25) is 0 Å². The highest BCUT2D eigenvalue weighted by molar-refractivity contribution is 5.90. The van der Waals surface area contributed by atoms with Crippen molar-refractivity contribution in [1.82, 2.24) is 0 Å². The summed E-state index contributed by atoms with van der Waals surface area (Å²) in [6.45, 7) is 0.188. The molecule has 0 spiro atoms. The highest BCUT2D eigenvalue weighted by Gasteiger charge is 2.15. The largest absolute Gasteiger partial charge is 0.497 e. The predicted octanol–water partition coefficient (Wildman–Crippen LogP) is 3.15. The quantitative estimate of drug-likeness (QED) is 0.888. The minimum absolute atomic E-state index is 0.176. The third kappa shape index (κ3) is 3.72. The standard InChI is InChI=1S/C16H15FO4/c1-20-12-7-5-11(6-8-12)9-10-21-15-13(16(18)19)3-2-4-14(15)17/h2-8H,9-10H2,1H3,(H,18,19). The molecule has 0 radical (unpaired) electrons. The van der Waals surface area contributed by atoms with Crippen molar-refractivity contribution in [3.05, 3.63) is 59.4 Å². The Morgan fingerprint density at radius 1 is 1.19 bits per heavy atom. The van der Waals surface area contributed by atoms with Gasteiger partial charge in [-0.25, -0.2) is 9.18 Å². The number of halogens is 1. The van der Waals surface area contributed by atoms with E-state index in [1.807, 2.05) is 24.3 Å². The van der Waals surface area contributed by atoms with Crippen molar-refractivity contribution >= 4 is 5.97 Å². The molecule has 1 N–H and O–H groups in total. The third-order valence-electron chi connectivity index (χ3n) is 2.99. The number of hydrogen-bond donors (Lipinski definition) is 1. The number of carboxylic acids is 1. The number of para-hydroxylation sites is 1. The minimum Gasteiger partial charge on any atom is -0.497 e. The fraction of sp³-hybridized carbons (Fsp3) is 0.188. The van der Waals surface area contributed by atoms with Crippen LogP contribution in [-0.2, 0) is 6.42 Å². The molecule has 0 atom stereocenters. The van der Waals surface area contributed by atoms with E-state index in [4.69, 9.17) is 14.6 Å². The van der Waals surface area contributed by atoms with E-state index in [1.54, 1.807) is 7.11 Å². The van der Waals surface area contributed by atoms with E-state index >= 15 is 0 Å². The van der Waals surface area contributed by atoms with Gasteiger partial charge in [0.05, 0.1) is 13.7 Å². The van der Waals surface area contributed by atoms with Gasteiger partial charge < -0.3 is 14.6 Å². The molecule has 0 bridgehead atoms. The van der Waals surface area contributed by atoms with Crippen LogP contribution in [0.15, 0.2) is 42.5 Å². The average molecular weight is 290 g/mol. The van der Waals surface area contributed by atoms with Crippen LogP contribution in [0.25, 0.3) is 0 Å². The molecule has 0 unspecified atom stereocenters. The van der Waals surface area contributed by atoms with Gasteiger partial charge in [-0.3, -0.25) is 0 Å². The number of carbonyl (C=O) groups is 1. The van der Waals surface area contributed by atoms with Gasteiger partial charge in [0.15, 0.2) is 11.6 Å². The van der Waals surface area contributed by atoms with Gasteiger partial charge in [-0.2, -0.15) is 0 Å². The van der Waals surface area contributed by atoms with E-state index in [0.29, 0.717) is 6.42 Å². The Hall–Kier alpha value is -2.56. The highest BCUT2D eigenvalue weighted by atomic mass is 19.1. The van der Waals surface area contributed by atoms with E-state index < -0.39 is 11.8 Å². The number of ether oxygens (including phenoxy) is 2. The topological polar surface area (TPSA) is 55.8 Å². The molecule has 2 aromatic carbocycles. The Morgan fingerprint density at radius 3 is 2.52 bits per heavy atom. The molecule has 0 aliphatic rings. The smallest absolute Gasteiger partial charge is 0.339 e. The Morgan fingerprint density at radius 2 is 1.90 bits per heavy atom. The van der Waals surface area contributed by atoms with Crippen LogP contribution in [0.3, 0.4) is 0 Å². The van der Waals surface area contributed by atoms with Gasteiger partial charge in [-0.1, -0.05) is 18.2 Å². The monoisotopic (exact) mass is 290 g/mol. The molecule has 0 amide bonds. The van der Waals surface area contributed by atoms with Crippen molar-refractivity contribution in [3.63, 3.8) is 0 Å². The van der Waals surface area contributed by atoms with Crippen LogP contribution in [0.5, 0.6) is 11.5 Å². The van der Waals surface area contributed by atoms with Gasteiger partial charge in [-0.05, 0) is 29.8 Å². The van der Waals surface area contributed by atoms with Crippen molar-refractivity contribution in [2.24, 2.45) is 0 Å². The number of methoxy groups -OCH3 is 1. The first-order valence-electron chi connectivity index (χ1n) is 6.39. The van der Waals surface area contributed by atoms with Crippen LogP contribution >= 0.6 is 0 Å². The number of carboxylic acid groups (broad SMARTS) is 1. The molecule has 4 nitrogen and oxygen atoms in total. The van der Waals surface area contributed by atoms with Crippen LogP contribution in [-0.4, -0.2) is 24.8 Å². The maximum Gasteiger partial charge on any atom is 0.339 e. The number of aromatic carboxylic acids is 1. The molecule has 0 fully saturated rings. The Bertz CT molecular complexity index is 623. The molecule has 0 aliphatic carbocycles. The molecule has 2 aromatic rings. The van der Waals surface area contributed by atoms with Gasteiger partial charge >= 0.3 is 5.97 Å². The Balaban J connectivity index is 2.01. The lowest BCUT2D eigenvalue weighted by Gasteiger charge is -2.10. The first kappa shape index (κ1) is 14.8. The number of hydrogen-bond acceptors (Lipinski definition) is 3. The summed E-state index contributed by atoms with van der Waals surface area (Å²) in [5, 5.41) is 9.00. The number of benzene rings is 2. The zero-order valence-corrected chi connectivity index (χ0v) is 11.5. The second kappa shape index (κ2) is 6.74. The lowest BCUT2D eigenvalue weighted by molar-refractivity contribution is 0.0691. The van der Waals surface area contributed by atoms with Crippen LogP contribution in [0, 0.1) is 5.82 Å². The summed E-state index contributed by atoms with van der Waals surface area (Å²) in [4.78, 5) is 11.0. The van der Waals surface area contributed by atoms with Gasteiger partial charge in [0.25, 0.3) is 0 Å². The maximum atomic E-state index is 13.6. The zero-order valence-electron chi connectivity index (χ0n) is 11.5. The molecule has 0 aliphatic heterocycles. The van der Waals surface area contributed by atoms with Gasteiger partial charge in [0.1, 0.15) is 11.3 Å². The zero-order chi connectivity index (χ0) is 15.2. The Labute approximate surface area is 121 Å². The van der Waals surface area contributed by atoms with Crippen molar-refractivity contribution in [2.75, 3.05) is 13.7 Å². The van der Waals surface area contributed by atoms with Crippen LogP contribution < -0.4 is 9.47 Å². The van der Waals surface area contributed by atoms with E-state index in [9.17, 15) is 9.18 Å². The van der Waals surface area contributed by atoms with Crippen molar-refractivity contribution < 1.29 is 23.8 Å². The second-order valence-electron chi connectivity index (χ2n) is 4.37. The summed E-state index contributed by atoms with van der Waals surface area (Å²) in [7, 11) is 1.59. The first-order chi connectivity index (χ1) is 10.1. The molecule has 21 heavy (non-hydrogen) atoms. The molecular weight excluding hydrogens is 275 g/mol. The van der Waals surface area contributed by atoms with Crippen LogP contribution in [0.2, 0.25) is 0 Å². The first-order valence-corrected chi connectivity index (χ1v) is 6.39. The van der Waals surface area contributed by atoms with Crippen molar-refractivity contribution in [1.29, 1.82) is 0 Å². The summed E-state index contributed by atoms with van der Waals surface area (Å²) < 4.78 is 24.0. The van der Waals surface area contributed by atoms with E-state index in [1.165, 1.54) is 18.2 Å². The van der Waals surface area contributed by atoms with Crippen molar-refractivity contribution in [2.45, 2.75) is 6.42 Å². The van der Waals surface area contributed by atoms with Crippen LogP contribution in [0.1, 0.15) is 15.9 Å². The van der Waals surface area contributed by atoms with E-state index in [0.717, 1.165) is 11.3 Å². The molecule has 0 heterocycles. The van der Waals surface area contributed by atoms with E-state index in [-0.39, 0.29) is 17.9 Å². The molecule has 2 rings (SSSR count). The normalized spacial score (nSPS) is 10.2. The predicted molar refractivity (Wildman–Crippen MR) is 75.6 cm³/mol. The van der Waals surface area contributed by atoms with Crippen molar-refractivity contribution in [3.8, 4) is 11.5 Å². The summed E-state index contributed by atoms with van der Waals surface area (Å²) in [5.41, 5.74) is 0.814. The summed E-state index contributed by atoms with van der Waals surface area (Å²) in [6.07, 6.45) is 0.539. The third-order valence-corrected chi connectivity index (χ3v) is 2.99. The molecular formula is C16H15FO4. The summed E-state index contributed by atoms with van der Waals surface area (Å²) in [5.74, 6) is -1.36. The minimum atomic E-state index is -1.21. The fourth-order valence-corrected chi connectivity index (χ4v) is 1.89. The van der Waals surface area contributed by atoms with Crippen LogP contribution in [0.4, 0.5) is 4.39 Å². The maximum absolute atomic E-state index is 13.6. The lowest BCUT2D eigenvalue weighted by Crippen LogP contribution is -2.08. The van der Waals surface area contributed by atoms with E-state index in [2.05, 4.69) is 0 Å². The van der Waals surface area contributed by atoms with Gasteiger partial charge in [0, 0.05) is 6.42 Å². The molecule has 5 heteroatoms. The number of rotatable bonds is 6. The fourth-order valence-electron chi connectivity index (χ4n) is 1.89.